The fourth-order valence-corrected chi connectivity index (χ4v) is 2.58. The van der Waals surface area contributed by atoms with Gasteiger partial charge in [-0.15, -0.1) is 0 Å². The van der Waals surface area contributed by atoms with E-state index >= 15 is 0 Å². The Morgan fingerprint density at radius 3 is 2.83 bits per heavy atom. The summed E-state index contributed by atoms with van der Waals surface area (Å²) >= 11 is 3.46. The summed E-state index contributed by atoms with van der Waals surface area (Å²) < 4.78 is 6.28. The van der Waals surface area contributed by atoms with Crippen molar-refractivity contribution in [1.29, 1.82) is 0 Å². The van der Waals surface area contributed by atoms with Gasteiger partial charge in [-0.05, 0) is 41.4 Å². The topological polar surface area (TPSA) is 64.3 Å². The van der Waals surface area contributed by atoms with E-state index in [9.17, 15) is 4.79 Å². The van der Waals surface area contributed by atoms with Crippen molar-refractivity contribution in [1.82, 2.24) is 0 Å². The maximum Gasteiger partial charge on any atom is 0.243 e. The predicted molar refractivity (Wildman–Crippen MR) is 74.3 cm³/mol. The third kappa shape index (κ3) is 2.52. The Labute approximate surface area is 115 Å². The highest BCUT2D eigenvalue weighted by molar-refractivity contribution is 9.10. The van der Waals surface area contributed by atoms with Gasteiger partial charge in [-0.3, -0.25) is 4.79 Å². The molecule has 1 aromatic rings. The molecule has 0 spiro atoms. The lowest BCUT2D eigenvalue weighted by molar-refractivity contribution is -0.123. The van der Waals surface area contributed by atoms with Crippen LogP contribution < -0.4 is 11.1 Å². The number of nitrogens with two attached hydrogens (primary N) is 1. The minimum absolute atomic E-state index is 0.0992. The first-order chi connectivity index (χ1) is 8.54. The first-order valence-electron chi connectivity index (χ1n) is 5.94. The van der Waals surface area contributed by atoms with Crippen LogP contribution in [0.1, 0.15) is 13.3 Å². The smallest absolute Gasteiger partial charge is 0.243 e. The second-order valence-electron chi connectivity index (χ2n) is 4.73. The van der Waals surface area contributed by atoms with Crippen LogP contribution in [0, 0.1) is 5.92 Å². The number of anilines is 1. The predicted octanol–water partition coefficient (Wildman–Crippen LogP) is 2.14. The molecule has 1 aromatic carbocycles. The fourth-order valence-electron chi connectivity index (χ4n) is 2.20. The quantitative estimate of drug-likeness (QED) is 0.895. The first-order valence-corrected chi connectivity index (χ1v) is 6.73. The molecule has 1 aliphatic heterocycles. The maximum absolute atomic E-state index is 11.8. The van der Waals surface area contributed by atoms with E-state index in [1.807, 2.05) is 31.2 Å². The molecule has 1 amide bonds. The minimum atomic E-state index is -0.791. The molecule has 98 valence electrons. The monoisotopic (exact) mass is 312 g/mol. The Kier molecular flexibility index (Phi) is 3.92. The lowest BCUT2D eigenvalue weighted by atomic mass is 9.84. The SMILES string of the molecule is CC(Nc1ccccc1Br)(C(N)=O)C1CCOC1. The highest BCUT2D eigenvalue weighted by Crippen LogP contribution is 2.32. The van der Waals surface area contributed by atoms with Gasteiger partial charge in [-0.2, -0.15) is 0 Å². The zero-order valence-corrected chi connectivity index (χ0v) is 11.9. The number of para-hydroxylation sites is 1. The molecule has 0 radical (unpaired) electrons. The van der Waals surface area contributed by atoms with Gasteiger partial charge in [0.15, 0.2) is 0 Å². The number of carbonyl (C=O) groups excluding carboxylic acids is 1. The summed E-state index contributed by atoms with van der Waals surface area (Å²) in [6.07, 6.45) is 0.844. The maximum atomic E-state index is 11.8. The molecule has 0 aliphatic carbocycles. The molecule has 4 nitrogen and oxygen atoms in total. The number of carbonyl (C=O) groups is 1. The van der Waals surface area contributed by atoms with Crippen LogP contribution in [0.2, 0.25) is 0 Å². The molecule has 2 unspecified atom stereocenters. The number of benzene rings is 1. The highest BCUT2D eigenvalue weighted by Gasteiger charge is 2.42. The molecule has 1 fully saturated rings. The van der Waals surface area contributed by atoms with Crippen molar-refractivity contribution < 1.29 is 9.53 Å². The van der Waals surface area contributed by atoms with Crippen LogP contribution in [0.3, 0.4) is 0 Å². The molecule has 5 heteroatoms. The van der Waals surface area contributed by atoms with Gasteiger partial charge in [-0.1, -0.05) is 12.1 Å². The molecule has 0 saturated carbocycles. The molecule has 18 heavy (non-hydrogen) atoms. The van der Waals surface area contributed by atoms with E-state index in [0.29, 0.717) is 13.2 Å². The highest BCUT2D eigenvalue weighted by atomic mass is 79.9. The Morgan fingerprint density at radius 2 is 2.28 bits per heavy atom. The molecule has 0 aromatic heterocycles. The molecule has 1 heterocycles. The average molecular weight is 313 g/mol. The molecule has 0 bridgehead atoms. The molecule has 1 saturated heterocycles. The molecule has 1 aliphatic rings. The zero-order chi connectivity index (χ0) is 13.2. The Hall–Kier alpha value is -1.07. The van der Waals surface area contributed by atoms with Gasteiger partial charge < -0.3 is 15.8 Å². The molecular formula is C13H17BrN2O2. The van der Waals surface area contributed by atoms with Crippen LogP contribution in [0.25, 0.3) is 0 Å². The van der Waals surface area contributed by atoms with Gasteiger partial charge in [0.1, 0.15) is 5.54 Å². The van der Waals surface area contributed by atoms with Crippen LogP contribution in [-0.4, -0.2) is 24.7 Å². The van der Waals surface area contributed by atoms with Gasteiger partial charge >= 0.3 is 0 Å². The Bertz CT molecular complexity index is 446. The van der Waals surface area contributed by atoms with E-state index in [0.717, 1.165) is 16.6 Å². The number of hydrogen-bond donors (Lipinski definition) is 2. The third-order valence-electron chi connectivity index (χ3n) is 3.53. The zero-order valence-electron chi connectivity index (χ0n) is 10.3. The minimum Gasteiger partial charge on any atom is -0.381 e. The summed E-state index contributed by atoms with van der Waals surface area (Å²) in [4.78, 5) is 11.8. The standard InChI is InChI=1S/C13H17BrN2O2/c1-13(12(15)17,9-6-7-18-8-9)16-11-5-3-2-4-10(11)14/h2-5,9,16H,6-8H2,1H3,(H2,15,17). The van der Waals surface area contributed by atoms with Crippen molar-refractivity contribution in [3.05, 3.63) is 28.7 Å². The second-order valence-corrected chi connectivity index (χ2v) is 5.59. The van der Waals surface area contributed by atoms with Crippen LogP contribution in [0.5, 0.6) is 0 Å². The number of ether oxygens (including phenoxy) is 1. The summed E-state index contributed by atoms with van der Waals surface area (Å²) in [5.74, 6) is -0.254. The van der Waals surface area contributed by atoms with Gasteiger partial charge in [0, 0.05) is 22.7 Å². The van der Waals surface area contributed by atoms with Crippen molar-refractivity contribution in [3.63, 3.8) is 0 Å². The Morgan fingerprint density at radius 1 is 1.56 bits per heavy atom. The normalized spacial score (nSPS) is 22.4. The number of nitrogens with one attached hydrogen (secondary N) is 1. The van der Waals surface area contributed by atoms with Crippen LogP contribution >= 0.6 is 15.9 Å². The van der Waals surface area contributed by atoms with Crippen molar-refractivity contribution in [3.8, 4) is 0 Å². The summed E-state index contributed by atoms with van der Waals surface area (Å²) in [5, 5.41) is 3.26. The summed E-state index contributed by atoms with van der Waals surface area (Å²) in [6, 6.07) is 7.69. The lowest BCUT2D eigenvalue weighted by Gasteiger charge is -2.34. The van der Waals surface area contributed by atoms with Crippen molar-refractivity contribution in [2.24, 2.45) is 11.7 Å². The van der Waals surface area contributed by atoms with E-state index in [1.165, 1.54) is 0 Å². The van der Waals surface area contributed by atoms with Crippen molar-refractivity contribution >= 4 is 27.5 Å². The summed E-state index contributed by atoms with van der Waals surface area (Å²) in [7, 11) is 0. The molecule has 2 atom stereocenters. The summed E-state index contributed by atoms with van der Waals surface area (Å²) in [6.45, 7) is 3.09. The van der Waals surface area contributed by atoms with Gasteiger partial charge in [0.2, 0.25) is 5.91 Å². The number of primary amides is 1. The molecule has 2 rings (SSSR count). The van der Waals surface area contributed by atoms with E-state index < -0.39 is 5.54 Å². The van der Waals surface area contributed by atoms with Gasteiger partial charge in [0.05, 0.1) is 6.61 Å². The fraction of sp³-hybridized carbons (Fsp3) is 0.462. The number of halogens is 1. The van der Waals surface area contributed by atoms with Crippen molar-refractivity contribution in [2.75, 3.05) is 18.5 Å². The lowest BCUT2D eigenvalue weighted by Crippen LogP contribution is -2.54. The number of rotatable bonds is 4. The van der Waals surface area contributed by atoms with E-state index in [2.05, 4.69) is 21.2 Å². The van der Waals surface area contributed by atoms with Crippen molar-refractivity contribution in [2.45, 2.75) is 18.9 Å². The largest absolute Gasteiger partial charge is 0.381 e. The number of hydrogen-bond acceptors (Lipinski definition) is 3. The van der Waals surface area contributed by atoms with E-state index in [1.54, 1.807) is 0 Å². The third-order valence-corrected chi connectivity index (χ3v) is 4.22. The van der Waals surface area contributed by atoms with Gasteiger partial charge in [0.25, 0.3) is 0 Å². The van der Waals surface area contributed by atoms with Crippen LogP contribution in [0.4, 0.5) is 5.69 Å². The molecular weight excluding hydrogens is 296 g/mol. The Balaban J connectivity index is 2.26. The summed E-state index contributed by atoms with van der Waals surface area (Å²) in [5.41, 5.74) is 5.65. The van der Waals surface area contributed by atoms with Crippen LogP contribution in [-0.2, 0) is 9.53 Å². The van der Waals surface area contributed by atoms with E-state index in [-0.39, 0.29) is 11.8 Å². The number of amides is 1. The van der Waals surface area contributed by atoms with Gasteiger partial charge in [-0.25, -0.2) is 0 Å². The van der Waals surface area contributed by atoms with E-state index in [4.69, 9.17) is 10.5 Å². The average Bonchev–Trinajstić information content (AvgIpc) is 2.86. The first kappa shape index (κ1) is 13.4. The second kappa shape index (κ2) is 5.28. The molecule has 3 N–H and O–H groups in total. The van der Waals surface area contributed by atoms with Crippen LogP contribution in [0.15, 0.2) is 28.7 Å².